The number of para-hydroxylation sites is 1. The Morgan fingerprint density at radius 1 is 1.06 bits per heavy atom. The first-order valence-electron chi connectivity index (χ1n) is 10.8. The predicted molar refractivity (Wildman–Crippen MR) is 119 cm³/mol. The second-order valence-corrected chi connectivity index (χ2v) is 8.73. The molecule has 1 atom stereocenters. The lowest BCUT2D eigenvalue weighted by molar-refractivity contribution is -0.122. The quantitative estimate of drug-likeness (QED) is 0.514. The van der Waals surface area contributed by atoms with E-state index in [-0.39, 0.29) is 34.5 Å². The van der Waals surface area contributed by atoms with E-state index < -0.39 is 18.5 Å². The lowest BCUT2D eigenvalue weighted by atomic mass is 10.1. The maximum atomic E-state index is 12.7. The van der Waals surface area contributed by atoms with E-state index in [4.69, 9.17) is 4.74 Å². The molecule has 0 N–H and O–H groups in total. The van der Waals surface area contributed by atoms with Gasteiger partial charge in [0.1, 0.15) is 0 Å². The second-order valence-electron chi connectivity index (χ2n) is 8.73. The van der Waals surface area contributed by atoms with Gasteiger partial charge in [0, 0.05) is 18.3 Å². The maximum Gasteiger partial charge on any atom is 0.338 e. The first-order valence-corrected chi connectivity index (χ1v) is 10.8. The van der Waals surface area contributed by atoms with Crippen LogP contribution in [0, 0.1) is 5.92 Å². The van der Waals surface area contributed by atoms with Gasteiger partial charge in [-0.05, 0) is 55.5 Å². The van der Waals surface area contributed by atoms with Gasteiger partial charge in [-0.1, -0.05) is 32.0 Å². The standard InChI is InChI=1S/C25H26N2O5/c1-15(2)10-11-26-23(29)19-9-8-18(13-20(19)24(26)30)25(31)32-14-22(28)27-16(3)12-17-6-4-5-7-21(17)27/h4-9,13,15-16H,10-12,14H2,1-3H3. The van der Waals surface area contributed by atoms with E-state index in [0.717, 1.165) is 17.7 Å². The minimum atomic E-state index is -0.706. The van der Waals surface area contributed by atoms with Gasteiger partial charge in [0.25, 0.3) is 17.7 Å². The first kappa shape index (κ1) is 21.7. The minimum absolute atomic E-state index is 0.0148. The lowest BCUT2D eigenvalue weighted by Crippen LogP contribution is -2.38. The van der Waals surface area contributed by atoms with Crippen molar-refractivity contribution in [1.29, 1.82) is 0 Å². The van der Waals surface area contributed by atoms with Gasteiger partial charge in [0.15, 0.2) is 6.61 Å². The smallest absolute Gasteiger partial charge is 0.338 e. The highest BCUT2D eigenvalue weighted by Crippen LogP contribution is 2.32. The zero-order valence-electron chi connectivity index (χ0n) is 18.5. The van der Waals surface area contributed by atoms with Crippen LogP contribution in [0.3, 0.4) is 0 Å². The first-order chi connectivity index (χ1) is 15.3. The summed E-state index contributed by atoms with van der Waals surface area (Å²) < 4.78 is 5.25. The summed E-state index contributed by atoms with van der Waals surface area (Å²) in [6.45, 7) is 5.94. The summed E-state index contributed by atoms with van der Waals surface area (Å²) in [5.74, 6) is -1.40. The molecule has 7 nitrogen and oxygen atoms in total. The highest BCUT2D eigenvalue weighted by Gasteiger charge is 2.36. The van der Waals surface area contributed by atoms with Gasteiger partial charge in [-0.15, -0.1) is 0 Å². The SMILES string of the molecule is CC(C)CCN1C(=O)c2ccc(C(=O)OCC(=O)N3c4ccccc4CC3C)cc2C1=O. The number of carbonyl (C=O) groups excluding carboxylic acids is 4. The van der Waals surface area contributed by atoms with E-state index in [9.17, 15) is 19.2 Å². The molecule has 0 aliphatic carbocycles. The summed E-state index contributed by atoms with van der Waals surface area (Å²) in [5.41, 5.74) is 2.54. The zero-order valence-corrected chi connectivity index (χ0v) is 18.5. The van der Waals surface area contributed by atoms with Gasteiger partial charge < -0.3 is 9.64 Å². The molecular formula is C25H26N2O5. The Morgan fingerprint density at radius 3 is 2.53 bits per heavy atom. The summed E-state index contributed by atoms with van der Waals surface area (Å²) in [5, 5.41) is 0. The third-order valence-corrected chi connectivity index (χ3v) is 5.94. The van der Waals surface area contributed by atoms with E-state index in [1.165, 1.54) is 23.1 Å². The van der Waals surface area contributed by atoms with Crippen LogP contribution in [0.15, 0.2) is 42.5 Å². The average molecular weight is 434 g/mol. The molecule has 0 saturated heterocycles. The molecule has 0 bridgehead atoms. The molecule has 2 aromatic rings. The van der Waals surface area contributed by atoms with Crippen LogP contribution in [0.5, 0.6) is 0 Å². The van der Waals surface area contributed by atoms with Crippen molar-refractivity contribution >= 4 is 29.4 Å². The zero-order chi connectivity index (χ0) is 23.0. The Morgan fingerprint density at radius 2 is 1.78 bits per heavy atom. The number of carbonyl (C=O) groups is 4. The molecule has 0 spiro atoms. The van der Waals surface area contributed by atoms with Crippen molar-refractivity contribution in [2.75, 3.05) is 18.1 Å². The Balaban J connectivity index is 1.43. The molecule has 0 saturated carbocycles. The number of esters is 1. The molecule has 4 rings (SSSR count). The number of ether oxygens (including phenoxy) is 1. The largest absolute Gasteiger partial charge is 0.452 e. The highest BCUT2D eigenvalue weighted by molar-refractivity contribution is 6.22. The monoisotopic (exact) mass is 434 g/mol. The van der Waals surface area contributed by atoms with Crippen LogP contribution >= 0.6 is 0 Å². The van der Waals surface area contributed by atoms with Gasteiger partial charge in [-0.3, -0.25) is 19.3 Å². The number of fused-ring (bicyclic) bond motifs is 2. The molecular weight excluding hydrogens is 408 g/mol. The molecule has 7 heteroatoms. The van der Waals surface area contributed by atoms with E-state index in [0.29, 0.717) is 18.9 Å². The molecule has 2 aliphatic rings. The van der Waals surface area contributed by atoms with Crippen LogP contribution in [-0.4, -0.2) is 47.8 Å². The third-order valence-electron chi connectivity index (χ3n) is 5.94. The van der Waals surface area contributed by atoms with Gasteiger partial charge in [-0.25, -0.2) is 4.79 Å². The minimum Gasteiger partial charge on any atom is -0.452 e. The predicted octanol–water partition coefficient (Wildman–Crippen LogP) is 3.46. The Labute approximate surface area is 187 Å². The van der Waals surface area contributed by atoms with E-state index >= 15 is 0 Å². The van der Waals surface area contributed by atoms with Crippen LogP contribution in [0.25, 0.3) is 0 Å². The number of hydrogen-bond donors (Lipinski definition) is 0. The topological polar surface area (TPSA) is 84.0 Å². The van der Waals surface area contributed by atoms with Crippen molar-refractivity contribution < 1.29 is 23.9 Å². The summed E-state index contributed by atoms with van der Waals surface area (Å²) in [6.07, 6.45) is 1.46. The molecule has 0 fully saturated rings. The van der Waals surface area contributed by atoms with Gasteiger partial charge in [0.05, 0.1) is 16.7 Å². The summed E-state index contributed by atoms with van der Waals surface area (Å²) in [7, 11) is 0. The third kappa shape index (κ3) is 3.90. The van der Waals surface area contributed by atoms with Crippen LogP contribution in [0.1, 0.15) is 63.8 Å². The number of anilines is 1. The van der Waals surface area contributed by atoms with Crippen molar-refractivity contribution in [2.45, 2.75) is 39.7 Å². The van der Waals surface area contributed by atoms with Crippen molar-refractivity contribution in [2.24, 2.45) is 5.92 Å². The van der Waals surface area contributed by atoms with E-state index in [2.05, 4.69) is 0 Å². The molecule has 0 aromatic heterocycles. The van der Waals surface area contributed by atoms with Crippen molar-refractivity contribution in [1.82, 2.24) is 4.90 Å². The number of benzene rings is 2. The molecule has 0 radical (unpaired) electrons. The van der Waals surface area contributed by atoms with Crippen molar-refractivity contribution in [3.63, 3.8) is 0 Å². The summed E-state index contributed by atoms with van der Waals surface area (Å²) in [6, 6.07) is 12.0. The average Bonchev–Trinajstić information content (AvgIpc) is 3.23. The number of imide groups is 1. The normalized spacial score (nSPS) is 17.1. The maximum absolute atomic E-state index is 12.7. The Bertz CT molecular complexity index is 1110. The number of rotatable bonds is 6. The fraction of sp³-hybridized carbons (Fsp3) is 0.360. The molecule has 2 aromatic carbocycles. The van der Waals surface area contributed by atoms with Gasteiger partial charge in [0.2, 0.25) is 0 Å². The fourth-order valence-electron chi connectivity index (χ4n) is 4.23. The van der Waals surface area contributed by atoms with Gasteiger partial charge in [-0.2, -0.15) is 0 Å². The van der Waals surface area contributed by atoms with Crippen LogP contribution < -0.4 is 4.90 Å². The van der Waals surface area contributed by atoms with Gasteiger partial charge >= 0.3 is 5.97 Å². The number of amides is 3. The van der Waals surface area contributed by atoms with Crippen molar-refractivity contribution in [3.8, 4) is 0 Å². The molecule has 32 heavy (non-hydrogen) atoms. The molecule has 2 aliphatic heterocycles. The number of nitrogens with zero attached hydrogens (tertiary/aromatic N) is 2. The van der Waals surface area contributed by atoms with Crippen LogP contribution in [-0.2, 0) is 16.0 Å². The molecule has 166 valence electrons. The molecule has 1 unspecified atom stereocenters. The Kier molecular flexibility index (Phi) is 5.82. The van der Waals surface area contributed by atoms with Crippen LogP contribution in [0.4, 0.5) is 5.69 Å². The Hall–Kier alpha value is -3.48. The number of hydrogen-bond acceptors (Lipinski definition) is 5. The molecule has 2 heterocycles. The van der Waals surface area contributed by atoms with E-state index in [1.54, 1.807) is 4.90 Å². The summed E-state index contributed by atoms with van der Waals surface area (Å²) >= 11 is 0. The second kappa shape index (κ2) is 8.57. The highest BCUT2D eigenvalue weighted by atomic mass is 16.5. The fourth-order valence-corrected chi connectivity index (χ4v) is 4.23. The van der Waals surface area contributed by atoms with Crippen molar-refractivity contribution in [3.05, 3.63) is 64.7 Å². The van der Waals surface area contributed by atoms with Crippen LogP contribution in [0.2, 0.25) is 0 Å². The summed E-state index contributed by atoms with van der Waals surface area (Å²) in [4.78, 5) is 53.4. The lowest BCUT2D eigenvalue weighted by Gasteiger charge is -2.22. The van der Waals surface area contributed by atoms with E-state index in [1.807, 2.05) is 45.0 Å². The molecule has 3 amide bonds.